The minimum absolute atomic E-state index is 0. The van der Waals surface area contributed by atoms with Gasteiger partial charge in [-0.05, 0) is 45.7 Å². The number of hydrogen-bond donors (Lipinski definition) is 2. The van der Waals surface area contributed by atoms with E-state index in [2.05, 4.69) is 47.7 Å². The summed E-state index contributed by atoms with van der Waals surface area (Å²) in [5.74, 6) is 1.73. The van der Waals surface area contributed by atoms with E-state index in [-0.39, 0.29) is 13.7 Å². The summed E-state index contributed by atoms with van der Waals surface area (Å²) in [4.78, 5) is 4.61. The summed E-state index contributed by atoms with van der Waals surface area (Å²) >= 11 is 0. The van der Waals surface area contributed by atoms with Crippen LogP contribution in [0, 0.1) is 12.8 Å². The van der Waals surface area contributed by atoms with Crippen LogP contribution in [0.5, 0.6) is 0 Å². The highest BCUT2D eigenvalue weighted by molar-refractivity contribution is 5.72. The number of allylic oxidation sites excluding steroid dienone is 1. The predicted octanol–water partition coefficient (Wildman–Crippen LogP) is 3.85. The molecular formula is C22H33N3O. The van der Waals surface area contributed by atoms with Crippen LogP contribution in [0.25, 0.3) is 0 Å². The molecule has 26 heavy (non-hydrogen) atoms. The first-order valence-electron chi connectivity index (χ1n) is 9.77. The lowest BCUT2D eigenvalue weighted by molar-refractivity contribution is 0.0581. The molecule has 1 saturated heterocycles. The maximum absolute atomic E-state index is 6.12. The van der Waals surface area contributed by atoms with E-state index in [4.69, 9.17) is 4.74 Å². The predicted molar refractivity (Wildman–Crippen MR) is 110 cm³/mol. The Kier molecular flexibility index (Phi) is 7.04. The van der Waals surface area contributed by atoms with Crippen LogP contribution >= 0.6 is 0 Å². The van der Waals surface area contributed by atoms with Crippen molar-refractivity contribution in [3.05, 3.63) is 59.4 Å². The second kappa shape index (κ2) is 9.70. The van der Waals surface area contributed by atoms with E-state index in [0.717, 1.165) is 26.1 Å². The minimum Gasteiger partial charge on any atom is -0.480 e. The smallest absolute Gasteiger partial charge is 0.147 e. The summed E-state index contributed by atoms with van der Waals surface area (Å²) < 4.78 is 6.12. The second-order valence-electron chi connectivity index (χ2n) is 7.21. The summed E-state index contributed by atoms with van der Waals surface area (Å²) in [6.07, 6.45) is 9.71. The van der Waals surface area contributed by atoms with Crippen molar-refractivity contribution in [3.63, 3.8) is 0 Å². The zero-order valence-corrected chi connectivity index (χ0v) is 15.9. The second-order valence-corrected chi connectivity index (χ2v) is 7.21. The maximum Gasteiger partial charge on any atom is 0.147 e. The number of piperidine rings is 1. The molecule has 3 atom stereocenters. The van der Waals surface area contributed by atoms with Crippen LogP contribution in [-0.4, -0.2) is 38.1 Å². The van der Waals surface area contributed by atoms with Gasteiger partial charge in [0.2, 0.25) is 0 Å². The first-order valence-corrected chi connectivity index (χ1v) is 9.77. The van der Waals surface area contributed by atoms with E-state index >= 15 is 0 Å². The van der Waals surface area contributed by atoms with Crippen molar-refractivity contribution in [2.45, 2.75) is 45.4 Å². The molecule has 1 fully saturated rings. The molecule has 0 spiro atoms. The number of benzene rings is 1. The van der Waals surface area contributed by atoms with Gasteiger partial charge in [0.1, 0.15) is 12.0 Å². The zero-order valence-electron chi connectivity index (χ0n) is 15.9. The largest absolute Gasteiger partial charge is 0.480 e. The van der Waals surface area contributed by atoms with Crippen molar-refractivity contribution in [2.24, 2.45) is 10.9 Å². The Morgan fingerprint density at radius 2 is 2.08 bits per heavy atom. The highest BCUT2D eigenvalue weighted by Gasteiger charge is 2.30. The maximum atomic E-state index is 6.12. The van der Waals surface area contributed by atoms with Gasteiger partial charge in [-0.15, -0.1) is 0 Å². The van der Waals surface area contributed by atoms with Gasteiger partial charge >= 0.3 is 0 Å². The number of dihydropyridines is 1. The Labute approximate surface area is 158 Å². The third-order valence-corrected chi connectivity index (χ3v) is 5.06. The van der Waals surface area contributed by atoms with Gasteiger partial charge in [-0.25, -0.2) is 0 Å². The monoisotopic (exact) mass is 355 g/mol. The molecular weight excluding hydrogens is 322 g/mol. The Hall–Kier alpha value is -1.91. The molecule has 142 valence electrons. The van der Waals surface area contributed by atoms with Crippen molar-refractivity contribution in [1.82, 2.24) is 10.6 Å². The molecule has 2 N–H and O–H groups in total. The van der Waals surface area contributed by atoms with Crippen molar-refractivity contribution in [2.75, 3.05) is 19.6 Å². The Morgan fingerprint density at radius 1 is 1.23 bits per heavy atom. The molecule has 3 heterocycles. The van der Waals surface area contributed by atoms with Gasteiger partial charge in [0.25, 0.3) is 0 Å². The lowest BCUT2D eigenvalue weighted by Crippen LogP contribution is -2.42. The van der Waals surface area contributed by atoms with Crippen molar-refractivity contribution in [3.8, 4) is 0 Å². The fraction of sp³-hybridized carbons (Fsp3) is 0.500. The van der Waals surface area contributed by atoms with Crippen LogP contribution in [0.4, 0.5) is 0 Å². The van der Waals surface area contributed by atoms with Gasteiger partial charge in [-0.2, -0.15) is 0 Å². The number of hydrogen-bond acceptors (Lipinski definition) is 4. The van der Waals surface area contributed by atoms with Crippen molar-refractivity contribution < 1.29 is 6.16 Å². The Bertz CT molecular complexity index is 651. The van der Waals surface area contributed by atoms with Gasteiger partial charge < -0.3 is 10.1 Å². The van der Waals surface area contributed by atoms with E-state index in [1.807, 2.05) is 30.5 Å². The Morgan fingerprint density at radius 3 is 2.69 bits per heavy atom. The number of aliphatic imine (C=N–C) groups is 1. The van der Waals surface area contributed by atoms with E-state index in [1.54, 1.807) is 0 Å². The molecule has 0 radical (unpaired) electrons. The highest BCUT2D eigenvalue weighted by Crippen LogP contribution is 2.30. The third kappa shape index (κ3) is 5.29. The fourth-order valence-electron chi connectivity index (χ4n) is 3.61. The van der Waals surface area contributed by atoms with Crippen LogP contribution < -0.4 is 10.6 Å². The van der Waals surface area contributed by atoms with E-state index in [0.29, 0.717) is 5.92 Å². The number of ether oxygens (including phenoxy) is 1. The molecule has 0 bridgehead atoms. The molecule has 3 unspecified atom stereocenters. The minimum atomic E-state index is 0. The van der Waals surface area contributed by atoms with Gasteiger partial charge in [0, 0.05) is 32.2 Å². The number of aryl methyl sites for hydroxylation is 1. The number of nitrogens with zero attached hydrogens (tertiary/aromatic N) is 1. The number of rotatable bonds is 2. The summed E-state index contributed by atoms with van der Waals surface area (Å²) in [6.45, 7) is 7.25. The van der Waals surface area contributed by atoms with Crippen LogP contribution in [0.2, 0.25) is 0 Å². The van der Waals surface area contributed by atoms with Crippen LogP contribution in [-0.2, 0) is 4.74 Å². The molecule has 0 aromatic heterocycles. The van der Waals surface area contributed by atoms with Gasteiger partial charge in [0.15, 0.2) is 0 Å². The van der Waals surface area contributed by atoms with E-state index in [9.17, 15) is 0 Å². The van der Waals surface area contributed by atoms with Crippen LogP contribution in [0.3, 0.4) is 0 Å². The fourth-order valence-corrected chi connectivity index (χ4v) is 3.61. The SMILES string of the molecule is CC1NCC(C2CC=CC=N2)=C(C2CCCNC2)O1.Cc1ccccc1.[HH]. The quantitative estimate of drug-likeness (QED) is 0.847. The lowest BCUT2D eigenvalue weighted by atomic mass is 9.90. The number of nitrogens with one attached hydrogen (secondary N) is 2. The van der Waals surface area contributed by atoms with Crippen LogP contribution in [0.1, 0.15) is 33.2 Å². The zero-order chi connectivity index (χ0) is 18.2. The molecule has 0 saturated carbocycles. The average molecular weight is 356 g/mol. The van der Waals surface area contributed by atoms with E-state index in [1.165, 1.54) is 29.7 Å². The molecule has 3 aliphatic heterocycles. The summed E-state index contributed by atoms with van der Waals surface area (Å²) in [7, 11) is 0. The molecule has 4 heteroatoms. The molecule has 3 aliphatic rings. The molecule has 0 amide bonds. The normalized spacial score (nSPS) is 28.2. The Balaban J connectivity index is 0.000000278. The molecule has 4 rings (SSSR count). The van der Waals surface area contributed by atoms with Crippen molar-refractivity contribution in [1.29, 1.82) is 0 Å². The average Bonchev–Trinajstić information content (AvgIpc) is 2.70. The standard InChI is InChI=1S/C15H23N3O.C7H8.H2/c1-11-18-10-13(14-6-2-3-8-17-14)15(19-11)12-5-4-7-16-9-12;1-7-5-3-2-4-6-7;/h2-3,8,11-12,14,16,18H,4-7,9-10H2,1H3;2-6H,1H3;1H. The van der Waals surface area contributed by atoms with E-state index < -0.39 is 0 Å². The summed E-state index contributed by atoms with van der Waals surface area (Å²) in [6, 6.07) is 10.5. The highest BCUT2D eigenvalue weighted by atomic mass is 16.5. The van der Waals surface area contributed by atoms with Crippen molar-refractivity contribution >= 4 is 6.21 Å². The molecule has 1 aromatic rings. The van der Waals surface area contributed by atoms with Crippen LogP contribution in [0.15, 0.2) is 58.8 Å². The molecule has 4 nitrogen and oxygen atoms in total. The topological polar surface area (TPSA) is 45.7 Å². The first kappa shape index (κ1) is 18.9. The first-order chi connectivity index (χ1) is 12.7. The third-order valence-electron chi connectivity index (χ3n) is 5.06. The van der Waals surface area contributed by atoms with Gasteiger partial charge in [-0.1, -0.05) is 42.0 Å². The lowest BCUT2D eigenvalue weighted by Gasteiger charge is -2.35. The summed E-state index contributed by atoms with van der Waals surface area (Å²) in [5.41, 5.74) is 2.68. The summed E-state index contributed by atoms with van der Waals surface area (Å²) in [5, 5.41) is 6.88. The molecule has 0 aliphatic carbocycles. The molecule has 1 aromatic carbocycles. The van der Waals surface area contributed by atoms with Gasteiger partial charge in [0.05, 0.1) is 6.04 Å². The van der Waals surface area contributed by atoms with Gasteiger partial charge in [-0.3, -0.25) is 10.3 Å².